The van der Waals surface area contributed by atoms with Crippen molar-refractivity contribution in [3.05, 3.63) is 30.3 Å². The van der Waals surface area contributed by atoms with Gasteiger partial charge in [-0.3, -0.25) is 0 Å². The number of hydrogen-bond acceptors (Lipinski definition) is 2. The van der Waals surface area contributed by atoms with E-state index in [-0.39, 0.29) is 5.41 Å². The summed E-state index contributed by atoms with van der Waals surface area (Å²) in [4.78, 5) is 0. The lowest BCUT2D eigenvalue weighted by Crippen LogP contribution is -2.23. The van der Waals surface area contributed by atoms with Gasteiger partial charge in [-0.1, -0.05) is 18.2 Å². The van der Waals surface area contributed by atoms with E-state index in [0.29, 0.717) is 5.88 Å². The van der Waals surface area contributed by atoms with Crippen molar-refractivity contribution >= 4 is 11.6 Å². The third kappa shape index (κ3) is 3.62. The van der Waals surface area contributed by atoms with E-state index in [1.165, 1.54) is 0 Å². The maximum Gasteiger partial charge on any atom is 0.119 e. The third-order valence-corrected chi connectivity index (χ3v) is 3.90. The van der Waals surface area contributed by atoms with Crippen LogP contribution in [0.1, 0.15) is 19.3 Å². The molecule has 1 unspecified atom stereocenters. The fraction of sp³-hybridized carbons (Fsp3) is 0.571. The van der Waals surface area contributed by atoms with Crippen molar-refractivity contribution in [3.63, 3.8) is 0 Å². The highest BCUT2D eigenvalue weighted by Crippen LogP contribution is 2.34. The molecule has 0 aromatic heterocycles. The molecule has 0 amide bonds. The molecule has 1 aliphatic heterocycles. The quantitative estimate of drug-likeness (QED) is 0.572. The average molecular weight is 255 g/mol. The van der Waals surface area contributed by atoms with Gasteiger partial charge in [-0.25, -0.2) is 0 Å². The summed E-state index contributed by atoms with van der Waals surface area (Å²) in [6.07, 6.45) is 3.20. The van der Waals surface area contributed by atoms with Crippen molar-refractivity contribution in [1.82, 2.24) is 0 Å². The Morgan fingerprint density at radius 1 is 1.29 bits per heavy atom. The molecule has 1 aliphatic rings. The molecule has 0 spiro atoms. The van der Waals surface area contributed by atoms with Gasteiger partial charge in [0.1, 0.15) is 5.75 Å². The highest BCUT2D eigenvalue weighted by molar-refractivity contribution is 6.18. The van der Waals surface area contributed by atoms with Gasteiger partial charge in [-0.2, -0.15) is 0 Å². The normalized spacial score (nSPS) is 23.8. The van der Waals surface area contributed by atoms with Crippen LogP contribution in [0.2, 0.25) is 0 Å². The highest BCUT2D eigenvalue weighted by Gasteiger charge is 2.33. The van der Waals surface area contributed by atoms with Crippen molar-refractivity contribution in [2.45, 2.75) is 19.3 Å². The number of hydrogen-bond donors (Lipinski definition) is 0. The smallest absolute Gasteiger partial charge is 0.119 e. The summed E-state index contributed by atoms with van der Waals surface area (Å²) in [6, 6.07) is 9.93. The molecule has 1 aromatic carbocycles. The largest absolute Gasteiger partial charge is 0.494 e. The lowest BCUT2D eigenvalue weighted by Gasteiger charge is -2.24. The molecular weight excluding hydrogens is 236 g/mol. The zero-order valence-electron chi connectivity index (χ0n) is 10.0. The number of ether oxygens (including phenoxy) is 2. The van der Waals surface area contributed by atoms with E-state index in [4.69, 9.17) is 21.1 Å². The molecule has 2 nitrogen and oxygen atoms in total. The Bertz CT molecular complexity index is 320. The van der Waals surface area contributed by atoms with Crippen molar-refractivity contribution in [3.8, 4) is 5.75 Å². The zero-order valence-corrected chi connectivity index (χ0v) is 10.8. The molecule has 1 aromatic rings. The Labute approximate surface area is 108 Å². The molecule has 3 heteroatoms. The Morgan fingerprint density at radius 3 is 2.76 bits per heavy atom. The molecule has 1 fully saturated rings. The monoisotopic (exact) mass is 254 g/mol. The Morgan fingerprint density at radius 2 is 2.12 bits per heavy atom. The van der Waals surface area contributed by atoms with Gasteiger partial charge >= 0.3 is 0 Å². The Hall–Kier alpha value is -0.730. The van der Waals surface area contributed by atoms with Gasteiger partial charge in [0.2, 0.25) is 0 Å². The van der Waals surface area contributed by atoms with Crippen molar-refractivity contribution in [2.75, 3.05) is 25.7 Å². The van der Waals surface area contributed by atoms with Crippen LogP contribution in [-0.2, 0) is 4.74 Å². The van der Waals surface area contributed by atoms with E-state index in [0.717, 1.165) is 44.8 Å². The van der Waals surface area contributed by atoms with Gasteiger partial charge in [0.05, 0.1) is 13.2 Å². The molecular formula is C14H19ClO2. The topological polar surface area (TPSA) is 18.5 Å². The fourth-order valence-electron chi connectivity index (χ4n) is 2.17. The van der Waals surface area contributed by atoms with Crippen molar-refractivity contribution in [2.24, 2.45) is 5.41 Å². The number of benzene rings is 1. The predicted molar refractivity (Wildman–Crippen MR) is 69.8 cm³/mol. The second-order valence-electron chi connectivity index (χ2n) is 4.70. The van der Waals surface area contributed by atoms with Crippen molar-refractivity contribution in [1.29, 1.82) is 0 Å². The van der Waals surface area contributed by atoms with Crippen LogP contribution in [0.4, 0.5) is 0 Å². The van der Waals surface area contributed by atoms with Gasteiger partial charge in [0.15, 0.2) is 0 Å². The summed E-state index contributed by atoms with van der Waals surface area (Å²) in [5.74, 6) is 1.63. The summed E-state index contributed by atoms with van der Waals surface area (Å²) in [6.45, 7) is 2.41. The second kappa shape index (κ2) is 6.27. The first-order valence-electron chi connectivity index (χ1n) is 6.16. The number of para-hydroxylation sites is 1. The minimum atomic E-state index is 0.196. The van der Waals surface area contributed by atoms with Gasteiger partial charge in [-0.05, 0) is 31.4 Å². The highest BCUT2D eigenvalue weighted by atomic mass is 35.5. The van der Waals surface area contributed by atoms with E-state index in [1.54, 1.807) is 0 Å². The summed E-state index contributed by atoms with van der Waals surface area (Å²) in [5, 5.41) is 0. The van der Waals surface area contributed by atoms with Gasteiger partial charge in [-0.15, -0.1) is 11.6 Å². The molecule has 1 saturated heterocycles. The summed E-state index contributed by atoms with van der Waals surface area (Å²) >= 11 is 6.04. The lowest BCUT2D eigenvalue weighted by molar-refractivity contribution is 0.151. The molecule has 94 valence electrons. The molecule has 0 N–H and O–H groups in total. The fourth-order valence-corrected chi connectivity index (χ4v) is 2.52. The predicted octanol–water partition coefficient (Wildman–Crippen LogP) is 3.49. The minimum absolute atomic E-state index is 0.196. The van der Waals surface area contributed by atoms with E-state index < -0.39 is 0 Å². The standard InChI is InChI=1S/C14H19ClO2/c15-11-14(8-10-16-12-14)7-4-9-17-13-5-2-1-3-6-13/h1-3,5-6H,4,7-12H2. The molecule has 2 rings (SSSR count). The van der Waals surface area contributed by atoms with Crippen LogP contribution in [0.15, 0.2) is 30.3 Å². The third-order valence-electron chi connectivity index (χ3n) is 3.33. The summed E-state index contributed by atoms with van der Waals surface area (Å²) < 4.78 is 11.1. The second-order valence-corrected chi connectivity index (χ2v) is 4.97. The van der Waals surface area contributed by atoms with Crippen LogP contribution in [0.3, 0.4) is 0 Å². The van der Waals surface area contributed by atoms with E-state index in [2.05, 4.69) is 0 Å². The molecule has 17 heavy (non-hydrogen) atoms. The molecule has 0 aliphatic carbocycles. The Balaban J connectivity index is 1.69. The number of alkyl halides is 1. The van der Waals surface area contributed by atoms with Crippen LogP contribution in [0.25, 0.3) is 0 Å². The SMILES string of the molecule is ClCC1(CCCOc2ccccc2)CCOC1. The molecule has 0 bridgehead atoms. The van der Waals surface area contributed by atoms with Crippen molar-refractivity contribution < 1.29 is 9.47 Å². The van der Waals surface area contributed by atoms with Crippen LogP contribution < -0.4 is 4.74 Å². The minimum Gasteiger partial charge on any atom is -0.494 e. The summed E-state index contributed by atoms with van der Waals surface area (Å²) in [7, 11) is 0. The maximum atomic E-state index is 6.04. The van der Waals surface area contributed by atoms with Crippen LogP contribution in [0, 0.1) is 5.41 Å². The summed E-state index contributed by atoms with van der Waals surface area (Å²) in [5.41, 5.74) is 0.196. The van der Waals surface area contributed by atoms with Crippen LogP contribution >= 0.6 is 11.6 Å². The Kier molecular flexibility index (Phi) is 4.69. The van der Waals surface area contributed by atoms with Gasteiger partial charge in [0, 0.05) is 17.9 Å². The lowest BCUT2D eigenvalue weighted by atomic mass is 9.85. The number of halogens is 1. The number of rotatable bonds is 6. The average Bonchev–Trinajstić information content (AvgIpc) is 2.85. The first-order chi connectivity index (χ1) is 8.35. The van der Waals surface area contributed by atoms with E-state index in [1.807, 2.05) is 30.3 Å². The first kappa shape index (κ1) is 12.7. The molecule has 0 radical (unpaired) electrons. The molecule has 1 heterocycles. The molecule has 1 atom stereocenters. The van der Waals surface area contributed by atoms with Gasteiger partial charge < -0.3 is 9.47 Å². The van der Waals surface area contributed by atoms with E-state index in [9.17, 15) is 0 Å². The molecule has 0 saturated carbocycles. The van der Waals surface area contributed by atoms with Crippen LogP contribution in [-0.4, -0.2) is 25.7 Å². The zero-order chi connectivity index (χ0) is 12.0. The van der Waals surface area contributed by atoms with Gasteiger partial charge in [0.25, 0.3) is 0 Å². The maximum absolute atomic E-state index is 6.04. The van der Waals surface area contributed by atoms with E-state index >= 15 is 0 Å². The first-order valence-corrected chi connectivity index (χ1v) is 6.70. The van der Waals surface area contributed by atoms with Crippen LogP contribution in [0.5, 0.6) is 5.75 Å².